The number of ether oxygens (including phenoxy) is 1. The minimum atomic E-state index is 0.395. The molecule has 2 rings (SSSR count). The molecule has 5 nitrogen and oxygen atoms in total. The highest BCUT2D eigenvalue weighted by atomic mass is 16.5. The monoisotopic (exact) mass is 207 g/mol. The number of furan rings is 1. The molecule has 15 heavy (non-hydrogen) atoms. The van der Waals surface area contributed by atoms with E-state index in [2.05, 4.69) is 5.10 Å². The van der Waals surface area contributed by atoms with Crippen molar-refractivity contribution in [3.63, 3.8) is 0 Å². The van der Waals surface area contributed by atoms with E-state index in [-0.39, 0.29) is 0 Å². The molecule has 0 radical (unpaired) electrons. The number of hydrogen-bond acceptors (Lipinski definition) is 4. The van der Waals surface area contributed by atoms with Gasteiger partial charge < -0.3 is 14.9 Å². The predicted octanol–water partition coefficient (Wildman–Crippen LogP) is 1.05. The molecule has 0 aliphatic heterocycles. The van der Waals surface area contributed by atoms with Crippen molar-refractivity contribution in [3.05, 3.63) is 36.0 Å². The average Bonchev–Trinajstić information content (AvgIpc) is 2.83. The van der Waals surface area contributed by atoms with Crippen molar-refractivity contribution in [2.45, 2.75) is 13.2 Å². The van der Waals surface area contributed by atoms with E-state index in [0.29, 0.717) is 13.2 Å². The third-order valence-electron chi connectivity index (χ3n) is 2.01. The predicted molar refractivity (Wildman–Crippen MR) is 54.1 cm³/mol. The second-order valence-corrected chi connectivity index (χ2v) is 3.26. The van der Waals surface area contributed by atoms with E-state index >= 15 is 0 Å². The fourth-order valence-corrected chi connectivity index (χ4v) is 1.24. The van der Waals surface area contributed by atoms with E-state index in [4.69, 9.17) is 14.9 Å². The zero-order valence-corrected chi connectivity index (χ0v) is 8.51. The second kappa shape index (κ2) is 4.18. The number of nitrogens with two attached hydrogens (primary N) is 1. The van der Waals surface area contributed by atoms with Crippen LogP contribution in [0.3, 0.4) is 0 Å². The van der Waals surface area contributed by atoms with Crippen molar-refractivity contribution in [1.29, 1.82) is 0 Å². The van der Waals surface area contributed by atoms with Crippen LogP contribution in [-0.2, 0) is 20.2 Å². The first-order chi connectivity index (χ1) is 7.28. The molecule has 0 fully saturated rings. The molecule has 0 atom stereocenters. The number of aryl methyl sites for hydroxylation is 1. The largest absolute Gasteiger partial charge is 0.482 e. The standard InChI is InChI=1S/C10H13N3O2/c1-13-5-10(4-12-13)15-7-9-2-8(3-11)6-14-9/h2,4-6H,3,7,11H2,1H3. The Kier molecular flexibility index (Phi) is 2.73. The molecule has 0 aliphatic carbocycles. The SMILES string of the molecule is Cn1cc(OCc2cc(CN)co2)cn1. The summed E-state index contributed by atoms with van der Waals surface area (Å²) in [6, 6.07) is 1.89. The summed E-state index contributed by atoms with van der Waals surface area (Å²) in [5.74, 6) is 1.49. The number of aromatic nitrogens is 2. The molecule has 2 aromatic rings. The topological polar surface area (TPSA) is 66.2 Å². The fourth-order valence-electron chi connectivity index (χ4n) is 1.24. The van der Waals surface area contributed by atoms with Crippen molar-refractivity contribution >= 4 is 0 Å². The van der Waals surface area contributed by atoms with E-state index in [1.807, 2.05) is 13.1 Å². The van der Waals surface area contributed by atoms with Gasteiger partial charge in [-0.15, -0.1) is 0 Å². The summed E-state index contributed by atoms with van der Waals surface area (Å²) in [7, 11) is 1.84. The van der Waals surface area contributed by atoms with Gasteiger partial charge in [-0.1, -0.05) is 0 Å². The van der Waals surface area contributed by atoms with Crippen LogP contribution < -0.4 is 10.5 Å². The van der Waals surface area contributed by atoms with Crippen LogP contribution in [0.25, 0.3) is 0 Å². The van der Waals surface area contributed by atoms with E-state index in [0.717, 1.165) is 17.1 Å². The van der Waals surface area contributed by atoms with Gasteiger partial charge in [0.2, 0.25) is 0 Å². The maximum atomic E-state index is 5.46. The minimum absolute atomic E-state index is 0.395. The normalized spacial score (nSPS) is 10.5. The zero-order valence-electron chi connectivity index (χ0n) is 8.51. The highest BCUT2D eigenvalue weighted by Gasteiger charge is 2.02. The fraction of sp³-hybridized carbons (Fsp3) is 0.300. The van der Waals surface area contributed by atoms with E-state index in [1.54, 1.807) is 23.3 Å². The summed E-state index contributed by atoms with van der Waals surface area (Å²) in [6.07, 6.45) is 5.10. The van der Waals surface area contributed by atoms with Crippen molar-refractivity contribution in [1.82, 2.24) is 9.78 Å². The van der Waals surface area contributed by atoms with Crippen LogP contribution in [0.2, 0.25) is 0 Å². The van der Waals surface area contributed by atoms with E-state index in [1.165, 1.54) is 0 Å². The molecule has 2 heterocycles. The zero-order chi connectivity index (χ0) is 10.7. The lowest BCUT2D eigenvalue weighted by molar-refractivity contribution is 0.270. The lowest BCUT2D eigenvalue weighted by Crippen LogP contribution is -1.94. The maximum absolute atomic E-state index is 5.46. The Balaban J connectivity index is 1.93. The van der Waals surface area contributed by atoms with Gasteiger partial charge in [-0.2, -0.15) is 5.10 Å². The molecule has 0 bridgehead atoms. The van der Waals surface area contributed by atoms with E-state index in [9.17, 15) is 0 Å². The maximum Gasteiger partial charge on any atom is 0.157 e. The van der Waals surface area contributed by atoms with Gasteiger partial charge in [0, 0.05) is 19.2 Å². The lowest BCUT2D eigenvalue weighted by atomic mass is 10.3. The summed E-state index contributed by atoms with van der Waals surface area (Å²) in [5, 5.41) is 3.99. The minimum Gasteiger partial charge on any atom is -0.482 e. The molecule has 0 saturated heterocycles. The van der Waals surface area contributed by atoms with Gasteiger partial charge in [-0.05, 0) is 6.07 Å². The molecule has 0 aliphatic rings. The third kappa shape index (κ3) is 2.38. The lowest BCUT2D eigenvalue weighted by Gasteiger charge is -1.98. The molecule has 2 aromatic heterocycles. The van der Waals surface area contributed by atoms with Gasteiger partial charge in [-0.3, -0.25) is 4.68 Å². The van der Waals surface area contributed by atoms with Crippen molar-refractivity contribution in [2.24, 2.45) is 12.8 Å². The smallest absolute Gasteiger partial charge is 0.157 e. The van der Waals surface area contributed by atoms with Gasteiger partial charge >= 0.3 is 0 Å². The van der Waals surface area contributed by atoms with E-state index < -0.39 is 0 Å². The second-order valence-electron chi connectivity index (χ2n) is 3.26. The number of nitrogens with zero attached hydrogens (tertiary/aromatic N) is 2. The molecule has 0 aromatic carbocycles. The summed E-state index contributed by atoms with van der Waals surface area (Å²) in [5.41, 5.74) is 6.43. The molecule has 0 saturated carbocycles. The highest BCUT2D eigenvalue weighted by molar-refractivity contribution is 5.14. The van der Waals surface area contributed by atoms with Crippen LogP contribution in [0.4, 0.5) is 0 Å². The molecular weight excluding hydrogens is 194 g/mol. The molecular formula is C10H13N3O2. The van der Waals surface area contributed by atoms with Crippen molar-refractivity contribution < 1.29 is 9.15 Å². The van der Waals surface area contributed by atoms with Crippen molar-refractivity contribution in [2.75, 3.05) is 0 Å². The van der Waals surface area contributed by atoms with Crippen LogP contribution in [-0.4, -0.2) is 9.78 Å². The highest BCUT2D eigenvalue weighted by Crippen LogP contribution is 2.12. The van der Waals surface area contributed by atoms with Gasteiger partial charge in [-0.25, -0.2) is 0 Å². The van der Waals surface area contributed by atoms with Crippen LogP contribution in [0.15, 0.2) is 29.1 Å². The van der Waals surface area contributed by atoms with Gasteiger partial charge in [0.05, 0.1) is 18.7 Å². The molecule has 2 N–H and O–H groups in total. The van der Waals surface area contributed by atoms with Crippen LogP contribution in [0.1, 0.15) is 11.3 Å². The van der Waals surface area contributed by atoms with Gasteiger partial charge in [0.15, 0.2) is 5.75 Å². The Labute approximate surface area is 87.4 Å². The summed E-state index contributed by atoms with van der Waals surface area (Å²) < 4.78 is 12.4. The average molecular weight is 207 g/mol. The Hall–Kier alpha value is -1.75. The molecule has 0 spiro atoms. The Morgan fingerprint density at radius 3 is 3.07 bits per heavy atom. The summed E-state index contributed by atoms with van der Waals surface area (Å²) in [4.78, 5) is 0. The summed E-state index contributed by atoms with van der Waals surface area (Å²) in [6.45, 7) is 0.877. The quantitative estimate of drug-likeness (QED) is 0.813. The Morgan fingerprint density at radius 1 is 1.60 bits per heavy atom. The van der Waals surface area contributed by atoms with Gasteiger partial charge in [0.25, 0.3) is 0 Å². The van der Waals surface area contributed by atoms with Crippen molar-refractivity contribution in [3.8, 4) is 5.75 Å². The number of hydrogen-bond donors (Lipinski definition) is 1. The Bertz CT molecular complexity index is 433. The van der Waals surface area contributed by atoms with Gasteiger partial charge in [0.1, 0.15) is 12.4 Å². The third-order valence-corrected chi connectivity index (χ3v) is 2.01. The van der Waals surface area contributed by atoms with Crippen LogP contribution in [0.5, 0.6) is 5.75 Å². The Morgan fingerprint density at radius 2 is 2.47 bits per heavy atom. The van der Waals surface area contributed by atoms with Crippen LogP contribution >= 0.6 is 0 Å². The van der Waals surface area contributed by atoms with Crippen LogP contribution in [0, 0.1) is 0 Å². The summed E-state index contributed by atoms with van der Waals surface area (Å²) >= 11 is 0. The first kappa shape index (κ1) is 9.79. The molecule has 0 unspecified atom stereocenters. The molecule has 0 amide bonds. The first-order valence-corrected chi connectivity index (χ1v) is 4.65. The molecule has 5 heteroatoms. The molecule has 80 valence electrons. The first-order valence-electron chi connectivity index (χ1n) is 4.65. The number of rotatable bonds is 4.